The lowest BCUT2D eigenvalue weighted by atomic mass is 9.85. The van der Waals surface area contributed by atoms with Crippen molar-refractivity contribution in [1.82, 2.24) is 23.9 Å². The van der Waals surface area contributed by atoms with Gasteiger partial charge in [-0.2, -0.15) is 9.49 Å². The van der Waals surface area contributed by atoms with Gasteiger partial charge in [0.1, 0.15) is 11.8 Å². The maximum atomic E-state index is 15.2. The van der Waals surface area contributed by atoms with Crippen molar-refractivity contribution in [3.8, 4) is 16.9 Å². The molecule has 4 aromatic heterocycles. The number of aliphatic hydroxyl groups is 1. The minimum Gasteiger partial charge on any atom is -0.489 e. The molecule has 0 amide bonds. The summed E-state index contributed by atoms with van der Waals surface area (Å²) >= 11 is 0. The maximum Gasteiger partial charge on any atom is 0.201 e. The monoisotopic (exact) mass is 547 g/mol. The molecule has 9 heteroatoms. The van der Waals surface area contributed by atoms with Crippen molar-refractivity contribution in [1.29, 1.82) is 0 Å². The number of fused-ring (bicyclic) bond motifs is 2. The molecule has 5 aromatic rings. The van der Waals surface area contributed by atoms with E-state index in [1.165, 1.54) is 6.07 Å². The van der Waals surface area contributed by atoms with Gasteiger partial charge in [0, 0.05) is 42.0 Å². The van der Waals surface area contributed by atoms with Crippen molar-refractivity contribution in [3.05, 3.63) is 89.1 Å². The summed E-state index contributed by atoms with van der Waals surface area (Å²) < 4.78 is 39.4. The van der Waals surface area contributed by atoms with E-state index in [-0.39, 0.29) is 12.4 Å². The number of pyridine rings is 2. The van der Waals surface area contributed by atoms with Gasteiger partial charge in [0.2, 0.25) is 5.82 Å². The molecule has 0 spiro atoms. The lowest BCUT2D eigenvalue weighted by Gasteiger charge is -2.25. The molecule has 0 saturated carbocycles. The van der Waals surface area contributed by atoms with Crippen molar-refractivity contribution in [3.63, 3.8) is 0 Å². The van der Waals surface area contributed by atoms with Crippen molar-refractivity contribution >= 4 is 11.2 Å². The minimum atomic E-state index is -1.04. The fraction of sp³-hybridized carbons (Fsp3) is 0.355. The summed E-state index contributed by atoms with van der Waals surface area (Å²) in [5, 5.41) is 15.8. The molecule has 40 heavy (non-hydrogen) atoms. The first kappa shape index (κ1) is 27.7. The lowest BCUT2D eigenvalue weighted by Crippen LogP contribution is -2.20. The van der Waals surface area contributed by atoms with Gasteiger partial charge in [-0.25, -0.2) is 13.9 Å². The lowest BCUT2D eigenvalue weighted by molar-refractivity contribution is 0.0578. The molecule has 1 atom stereocenters. The van der Waals surface area contributed by atoms with Gasteiger partial charge in [-0.3, -0.25) is 0 Å². The first-order valence-corrected chi connectivity index (χ1v) is 13.3. The van der Waals surface area contributed by atoms with Crippen LogP contribution in [0.4, 0.5) is 8.78 Å². The Kier molecular flexibility index (Phi) is 7.37. The number of aromatic nitrogens is 4. The second kappa shape index (κ2) is 10.6. The van der Waals surface area contributed by atoms with E-state index in [1.54, 1.807) is 4.52 Å². The fourth-order valence-electron chi connectivity index (χ4n) is 5.02. The van der Waals surface area contributed by atoms with Crippen molar-refractivity contribution in [2.24, 2.45) is 5.41 Å². The number of aryl methyl sites for hydroxylation is 1. The zero-order chi connectivity index (χ0) is 28.8. The van der Waals surface area contributed by atoms with Crippen LogP contribution >= 0.6 is 0 Å². The van der Waals surface area contributed by atoms with Gasteiger partial charge < -0.3 is 19.1 Å². The Balaban J connectivity index is 1.50. The van der Waals surface area contributed by atoms with Gasteiger partial charge >= 0.3 is 0 Å². The first-order valence-electron chi connectivity index (χ1n) is 13.3. The standard InChI is InChI=1S/C31H35F2N5O2/c1-19-8-7-14-38-28(19)23(27(35-38)30(39)31(2,3)4)13-15-40-29-22(10-11-24(32)26(29)33)20-9-12-25-34-16-21(18-36(5)6)37(25)17-20/h7-12,14,16-17,30,39H,13,15,18H2,1-6H3. The van der Waals surface area contributed by atoms with Gasteiger partial charge in [-0.1, -0.05) is 26.8 Å². The SMILES string of the molecule is Cc1cccn2nc(C(O)C(C)(C)C)c(CCOc3c(-c4ccc5ncc(CN(C)C)n5c4)ccc(F)c3F)c12. The van der Waals surface area contributed by atoms with Gasteiger partial charge in [0.05, 0.1) is 29.7 Å². The topological polar surface area (TPSA) is 67.3 Å². The Morgan fingerprint density at radius 3 is 2.60 bits per heavy atom. The highest BCUT2D eigenvalue weighted by atomic mass is 19.2. The number of hydrogen-bond donors (Lipinski definition) is 1. The largest absolute Gasteiger partial charge is 0.489 e. The summed E-state index contributed by atoms with van der Waals surface area (Å²) in [5.74, 6) is -2.17. The minimum absolute atomic E-state index is 0.0616. The van der Waals surface area contributed by atoms with Crippen LogP contribution < -0.4 is 4.74 Å². The van der Waals surface area contributed by atoms with Crippen LogP contribution in [0.2, 0.25) is 0 Å². The van der Waals surface area contributed by atoms with Crippen LogP contribution in [0.3, 0.4) is 0 Å². The van der Waals surface area contributed by atoms with E-state index in [9.17, 15) is 9.50 Å². The van der Waals surface area contributed by atoms with E-state index in [0.717, 1.165) is 34.1 Å². The average Bonchev–Trinajstić information content (AvgIpc) is 3.47. The number of ether oxygens (including phenoxy) is 1. The Bertz CT molecular complexity index is 1680. The third-order valence-electron chi connectivity index (χ3n) is 7.09. The van der Waals surface area contributed by atoms with Crippen LogP contribution in [0.15, 0.2) is 55.0 Å². The Hall–Kier alpha value is -3.82. The predicted molar refractivity (Wildman–Crippen MR) is 151 cm³/mol. The molecular weight excluding hydrogens is 512 g/mol. The molecule has 210 valence electrons. The molecule has 1 aromatic carbocycles. The number of halogens is 2. The van der Waals surface area contributed by atoms with Crippen LogP contribution in [-0.2, 0) is 13.0 Å². The normalized spacial score (nSPS) is 13.1. The van der Waals surface area contributed by atoms with E-state index in [2.05, 4.69) is 10.1 Å². The highest BCUT2D eigenvalue weighted by molar-refractivity contribution is 5.71. The quantitative estimate of drug-likeness (QED) is 0.258. The second-order valence-corrected chi connectivity index (χ2v) is 11.6. The molecule has 4 heterocycles. The third kappa shape index (κ3) is 5.19. The number of benzene rings is 1. The molecule has 0 saturated heterocycles. The molecule has 5 rings (SSSR count). The second-order valence-electron chi connectivity index (χ2n) is 11.6. The van der Waals surface area contributed by atoms with Gasteiger partial charge in [-0.05, 0) is 62.3 Å². The molecule has 0 aliphatic heterocycles. The zero-order valence-electron chi connectivity index (χ0n) is 23.7. The predicted octanol–water partition coefficient (Wildman–Crippen LogP) is 6.00. The molecule has 0 aliphatic carbocycles. The van der Waals surface area contributed by atoms with Crippen molar-refractivity contribution in [2.75, 3.05) is 20.7 Å². The fourth-order valence-corrected chi connectivity index (χ4v) is 5.02. The molecule has 0 bridgehead atoms. The van der Waals surface area contributed by atoms with Crippen LogP contribution in [0.1, 0.15) is 49.4 Å². The number of rotatable bonds is 8. The van der Waals surface area contributed by atoms with Crippen molar-refractivity contribution in [2.45, 2.75) is 46.8 Å². The Labute approximate surface area is 232 Å². The molecule has 0 fully saturated rings. The number of aliphatic hydroxyl groups excluding tert-OH is 1. The summed E-state index contributed by atoms with van der Waals surface area (Å²) in [5.41, 5.74) is 5.67. The molecule has 1 unspecified atom stereocenters. The third-order valence-corrected chi connectivity index (χ3v) is 7.09. The van der Waals surface area contributed by atoms with Gasteiger partial charge in [-0.15, -0.1) is 0 Å². The van der Waals surface area contributed by atoms with Gasteiger partial charge in [0.25, 0.3) is 0 Å². The summed E-state index contributed by atoms with van der Waals surface area (Å²) in [4.78, 5) is 6.49. The maximum absolute atomic E-state index is 15.2. The Morgan fingerprint density at radius 2 is 1.88 bits per heavy atom. The number of nitrogens with zero attached hydrogens (tertiary/aromatic N) is 5. The van der Waals surface area contributed by atoms with Crippen LogP contribution in [-0.4, -0.2) is 49.7 Å². The summed E-state index contributed by atoms with van der Waals surface area (Å²) in [6.07, 6.45) is 5.05. The van der Waals surface area contributed by atoms with Crippen LogP contribution in [0.25, 0.3) is 22.3 Å². The van der Waals surface area contributed by atoms with Gasteiger partial charge in [0.15, 0.2) is 11.6 Å². The Morgan fingerprint density at radius 1 is 1.10 bits per heavy atom. The summed E-state index contributed by atoms with van der Waals surface area (Å²) in [6, 6.07) is 10.2. The highest BCUT2D eigenvalue weighted by Gasteiger charge is 2.30. The molecule has 0 radical (unpaired) electrons. The number of imidazole rings is 1. The van der Waals surface area contributed by atoms with E-state index in [1.807, 2.05) is 93.9 Å². The molecule has 1 N–H and O–H groups in total. The zero-order valence-corrected chi connectivity index (χ0v) is 23.7. The number of hydrogen-bond acceptors (Lipinski definition) is 5. The summed E-state index contributed by atoms with van der Waals surface area (Å²) in [6.45, 7) is 8.56. The van der Waals surface area contributed by atoms with E-state index >= 15 is 4.39 Å². The van der Waals surface area contributed by atoms with Crippen molar-refractivity contribution < 1.29 is 18.6 Å². The smallest absolute Gasteiger partial charge is 0.201 e. The van der Waals surface area contributed by atoms with Crippen LogP contribution in [0, 0.1) is 24.0 Å². The molecule has 7 nitrogen and oxygen atoms in total. The molecule has 0 aliphatic rings. The molecular formula is C31H35F2N5O2. The van der Waals surface area contributed by atoms with Crippen LogP contribution in [0.5, 0.6) is 5.75 Å². The summed E-state index contributed by atoms with van der Waals surface area (Å²) in [7, 11) is 3.95. The first-order chi connectivity index (χ1) is 19.0. The van der Waals surface area contributed by atoms with E-state index in [4.69, 9.17) is 4.74 Å². The van der Waals surface area contributed by atoms with E-state index < -0.39 is 23.2 Å². The van der Waals surface area contributed by atoms with E-state index in [0.29, 0.717) is 29.8 Å². The average molecular weight is 548 g/mol. The highest BCUT2D eigenvalue weighted by Crippen LogP contribution is 2.37.